The zero-order valence-corrected chi connectivity index (χ0v) is 22.8. The summed E-state index contributed by atoms with van der Waals surface area (Å²) in [6, 6.07) is 34.7. The Morgan fingerprint density at radius 1 is 0.605 bits per heavy atom. The van der Waals surface area contributed by atoms with Crippen LogP contribution in [0.5, 0.6) is 0 Å². The fraction of sp³-hybridized carbons (Fsp3) is 0.200. The van der Waals surface area contributed by atoms with Crippen LogP contribution in [-0.4, -0.2) is 13.1 Å². The van der Waals surface area contributed by atoms with Gasteiger partial charge < -0.3 is 16.4 Å². The average molecular weight is 502 g/mol. The highest BCUT2D eigenvalue weighted by Crippen LogP contribution is 2.30. The van der Waals surface area contributed by atoms with E-state index in [0.29, 0.717) is 13.1 Å². The molecule has 0 spiro atoms. The maximum absolute atomic E-state index is 5.87. The lowest BCUT2D eigenvalue weighted by atomic mass is 9.92. The van der Waals surface area contributed by atoms with Crippen LogP contribution in [0.2, 0.25) is 0 Å². The third-order valence-corrected chi connectivity index (χ3v) is 7.03. The van der Waals surface area contributed by atoms with Crippen LogP contribution < -0.4 is 16.4 Å². The van der Waals surface area contributed by atoms with Gasteiger partial charge in [0.05, 0.1) is 0 Å². The Hall–Kier alpha value is -3.92. The smallest absolute Gasteiger partial charge is 0.0372 e. The molecule has 0 unspecified atom stereocenters. The predicted octanol–water partition coefficient (Wildman–Crippen LogP) is 7.32. The minimum absolute atomic E-state index is 0.533. The van der Waals surface area contributed by atoms with Gasteiger partial charge in [-0.15, -0.1) is 0 Å². The maximum Gasteiger partial charge on any atom is 0.0372 e. The zero-order chi connectivity index (χ0) is 26.9. The summed E-state index contributed by atoms with van der Waals surface area (Å²) >= 11 is 0. The molecule has 4 aromatic carbocycles. The zero-order valence-electron chi connectivity index (χ0n) is 22.8. The summed E-state index contributed by atoms with van der Waals surface area (Å²) in [5.41, 5.74) is 23.5. The van der Waals surface area contributed by atoms with Crippen molar-refractivity contribution in [3.05, 3.63) is 148 Å². The number of hydrogen-bond acceptors (Lipinski definition) is 3. The van der Waals surface area contributed by atoms with Crippen molar-refractivity contribution in [2.75, 3.05) is 18.0 Å². The summed E-state index contributed by atoms with van der Waals surface area (Å²) < 4.78 is 0. The van der Waals surface area contributed by atoms with Gasteiger partial charge in [-0.25, -0.2) is 0 Å². The van der Waals surface area contributed by atoms with Crippen LogP contribution in [0.1, 0.15) is 52.8 Å². The van der Waals surface area contributed by atoms with Gasteiger partial charge in [-0.2, -0.15) is 0 Å². The lowest BCUT2D eigenvalue weighted by Gasteiger charge is -2.22. The van der Waals surface area contributed by atoms with Crippen molar-refractivity contribution >= 4 is 16.8 Å². The summed E-state index contributed by atoms with van der Waals surface area (Å²) in [7, 11) is 0. The van der Waals surface area contributed by atoms with Gasteiger partial charge in [0.15, 0.2) is 0 Å². The fourth-order valence-corrected chi connectivity index (χ4v) is 4.80. The summed E-state index contributed by atoms with van der Waals surface area (Å²) in [6.45, 7) is 9.57. The van der Waals surface area contributed by atoms with Gasteiger partial charge in [0.2, 0.25) is 0 Å². The predicted molar refractivity (Wildman–Crippen MR) is 164 cm³/mol. The van der Waals surface area contributed by atoms with Gasteiger partial charge in [-0.05, 0) is 77.4 Å². The number of anilines is 1. The van der Waals surface area contributed by atoms with Gasteiger partial charge in [-0.3, -0.25) is 0 Å². The summed E-state index contributed by atoms with van der Waals surface area (Å²) in [6.07, 6.45) is 4.51. The molecule has 4 N–H and O–H groups in total. The summed E-state index contributed by atoms with van der Waals surface area (Å²) in [5, 5.41) is 0. The monoisotopic (exact) mass is 501 g/mol. The van der Waals surface area contributed by atoms with E-state index in [-0.39, 0.29) is 0 Å². The molecule has 3 nitrogen and oxygen atoms in total. The maximum atomic E-state index is 5.87. The van der Waals surface area contributed by atoms with Gasteiger partial charge in [-0.1, -0.05) is 103 Å². The Kier molecular flexibility index (Phi) is 9.31. The SMILES string of the molecule is CCN(CC)c1cccc(/C(=C/C=C(c2ccc(CN)cc2)c2ccc(CN)cc2)c2cccc(C)c2)c1. The van der Waals surface area contributed by atoms with Crippen molar-refractivity contribution in [3.8, 4) is 0 Å². The van der Waals surface area contributed by atoms with Gasteiger partial charge in [0.25, 0.3) is 0 Å². The van der Waals surface area contributed by atoms with E-state index in [9.17, 15) is 0 Å². The number of allylic oxidation sites excluding steroid dienone is 2. The second-order valence-corrected chi connectivity index (χ2v) is 9.55. The molecule has 0 aromatic heterocycles. The normalized spacial score (nSPS) is 11.3. The number of aryl methyl sites for hydroxylation is 1. The highest BCUT2D eigenvalue weighted by Gasteiger charge is 2.10. The van der Waals surface area contributed by atoms with Gasteiger partial charge in [0, 0.05) is 31.9 Å². The van der Waals surface area contributed by atoms with E-state index >= 15 is 0 Å². The van der Waals surface area contributed by atoms with Crippen LogP contribution in [-0.2, 0) is 13.1 Å². The summed E-state index contributed by atoms with van der Waals surface area (Å²) in [4.78, 5) is 2.39. The number of benzene rings is 4. The first-order valence-corrected chi connectivity index (χ1v) is 13.5. The van der Waals surface area contributed by atoms with Crippen LogP contribution in [0.25, 0.3) is 11.1 Å². The number of nitrogens with zero attached hydrogens (tertiary/aromatic N) is 1. The Morgan fingerprint density at radius 3 is 1.55 bits per heavy atom. The standard InChI is InChI=1S/C35H39N3/c1-4-38(5-2)33-11-7-10-32(23-33)35(31-9-6-8-26(3)22-31)21-20-34(29-16-12-27(24-36)13-17-29)30-18-14-28(25-37)15-19-30/h6-23H,4-5,24-25,36-37H2,1-3H3/b35-21+. The molecule has 0 saturated heterocycles. The van der Waals surface area contributed by atoms with E-state index < -0.39 is 0 Å². The van der Waals surface area contributed by atoms with Crippen molar-refractivity contribution in [1.82, 2.24) is 0 Å². The Balaban J connectivity index is 1.89. The largest absolute Gasteiger partial charge is 0.372 e. The Labute approximate surface area is 228 Å². The number of hydrogen-bond donors (Lipinski definition) is 2. The minimum atomic E-state index is 0.533. The van der Waals surface area contributed by atoms with E-state index in [0.717, 1.165) is 40.9 Å². The van der Waals surface area contributed by atoms with E-state index in [4.69, 9.17) is 11.5 Å². The molecular weight excluding hydrogens is 462 g/mol. The molecule has 0 amide bonds. The quantitative estimate of drug-likeness (QED) is 0.224. The first-order chi connectivity index (χ1) is 18.6. The van der Waals surface area contributed by atoms with Crippen LogP contribution >= 0.6 is 0 Å². The molecule has 38 heavy (non-hydrogen) atoms. The summed E-state index contributed by atoms with van der Waals surface area (Å²) in [5.74, 6) is 0. The van der Waals surface area contributed by atoms with Crippen molar-refractivity contribution in [2.45, 2.75) is 33.9 Å². The third-order valence-electron chi connectivity index (χ3n) is 7.03. The van der Waals surface area contributed by atoms with Crippen LogP contribution in [0, 0.1) is 6.92 Å². The van der Waals surface area contributed by atoms with Crippen molar-refractivity contribution in [1.29, 1.82) is 0 Å². The highest BCUT2D eigenvalue weighted by atomic mass is 15.1. The Bertz CT molecular complexity index is 1340. The molecule has 194 valence electrons. The number of rotatable bonds is 10. The topological polar surface area (TPSA) is 55.3 Å². The Morgan fingerprint density at radius 2 is 1.08 bits per heavy atom. The van der Waals surface area contributed by atoms with Gasteiger partial charge >= 0.3 is 0 Å². The molecule has 0 aliphatic carbocycles. The third kappa shape index (κ3) is 6.49. The van der Waals surface area contributed by atoms with Crippen molar-refractivity contribution in [3.63, 3.8) is 0 Å². The molecular formula is C35H39N3. The molecule has 3 heteroatoms. The van der Waals surface area contributed by atoms with Crippen molar-refractivity contribution in [2.24, 2.45) is 11.5 Å². The number of nitrogens with two attached hydrogens (primary N) is 2. The van der Waals surface area contributed by atoms with Gasteiger partial charge in [0.1, 0.15) is 0 Å². The first kappa shape index (κ1) is 27.1. The second kappa shape index (κ2) is 13.0. The molecule has 0 aliphatic heterocycles. The molecule has 0 radical (unpaired) electrons. The lowest BCUT2D eigenvalue weighted by Crippen LogP contribution is -2.21. The fourth-order valence-electron chi connectivity index (χ4n) is 4.80. The first-order valence-electron chi connectivity index (χ1n) is 13.5. The molecule has 0 bridgehead atoms. The van der Waals surface area contributed by atoms with Crippen molar-refractivity contribution < 1.29 is 0 Å². The van der Waals surface area contributed by atoms with E-state index in [1.165, 1.54) is 28.0 Å². The lowest BCUT2D eigenvalue weighted by molar-refractivity contribution is 0.866. The molecule has 0 heterocycles. The highest BCUT2D eigenvalue weighted by molar-refractivity contribution is 5.87. The van der Waals surface area contributed by atoms with Crippen LogP contribution in [0.3, 0.4) is 0 Å². The van der Waals surface area contributed by atoms with E-state index in [1.54, 1.807) is 0 Å². The molecule has 0 saturated carbocycles. The minimum Gasteiger partial charge on any atom is -0.372 e. The second-order valence-electron chi connectivity index (χ2n) is 9.55. The molecule has 4 aromatic rings. The van der Waals surface area contributed by atoms with Crippen LogP contribution in [0.15, 0.2) is 109 Å². The molecule has 4 rings (SSSR count). The van der Waals surface area contributed by atoms with E-state index in [1.807, 2.05) is 0 Å². The molecule has 0 aliphatic rings. The molecule has 0 fully saturated rings. The average Bonchev–Trinajstić information content (AvgIpc) is 2.96. The van der Waals surface area contributed by atoms with E-state index in [2.05, 4.69) is 135 Å². The molecule has 0 atom stereocenters. The van der Waals surface area contributed by atoms with Crippen LogP contribution in [0.4, 0.5) is 5.69 Å².